The van der Waals surface area contributed by atoms with Crippen LogP contribution >= 0.6 is 38.9 Å². The Morgan fingerprint density at radius 2 is 2.33 bits per heavy atom. The molecule has 1 fully saturated rings. The molecule has 2 heterocycles. The number of likely N-dealkylation sites (tertiary alicyclic amines) is 1. The summed E-state index contributed by atoms with van der Waals surface area (Å²) in [5.41, 5.74) is 6.01. The molecule has 2 unspecified atom stereocenters. The minimum Gasteiger partial charge on any atom is -0.329 e. The molecule has 0 bridgehead atoms. The maximum absolute atomic E-state index is 6.15. The summed E-state index contributed by atoms with van der Waals surface area (Å²) in [5, 5.41) is 0. The van der Waals surface area contributed by atoms with E-state index in [1.54, 1.807) is 11.3 Å². The van der Waals surface area contributed by atoms with Crippen molar-refractivity contribution in [2.75, 3.05) is 13.1 Å². The average molecular weight is 352 g/mol. The molecule has 0 radical (unpaired) electrons. The average Bonchev–Trinajstić information content (AvgIpc) is 2.89. The molecule has 102 valence electrons. The fraction of sp³-hybridized carbons (Fsp3) is 0.692. The van der Waals surface area contributed by atoms with Crippen LogP contribution in [-0.2, 0) is 0 Å². The van der Waals surface area contributed by atoms with Crippen LogP contribution in [0.2, 0.25) is 4.34 Å². The molecule has 2 atom stereocenters. The Bertz CT molecular complexity index is 388. The highest BCUT2D eigenvalue weighted by Crippen LogP contribution is 2.39. The van der Waals surface area contributed by atoms with Crippen molar-refractivity contribution in [3.63, 3.8) is 0 Å². The summed E-state index contributed by atoms with van der Waals surface area (Å²) in [5.74, 6) is 0.681. The Morgan fingerprint density at radius 1 is 1.61 bits per heavy atom. The van der Waals surface area contributed by atoms with E-state index in [9.17, 15) is 0 Å². The second-order valence-electron chi connectivity index (χ2n) is 5.21. The van der Waals surface area contributed by atoms with E-state index in [0.29, 0.717) is 24.5 Å². The van der Waals surface area contributed by atoms with Gasteiger partial charge < -0.3 is 5.73 Å². The molecule has 1 saturated heterocycles. The van der Waals surface area contributed by atoms with Crippen molar-refractivity contribution in [3.8, 4) is 0 Å². The standard InChI is InChI=1S/C13H20BrClN2S/c1-8(2)10-4-3-5-17(10)11(7-16)12-6-9(14)13(15)18-12/h6,8,10-11H,3-5,7,16H2,1-2H3. The molecule has 1 aromatic heterocycles. The van der Waals surface area contributed by atoms with Crippen LogP contribution in [0, 0.1) is 5.92 Å². The first-order chi connectivity index (χ1) is 8.54. The fourth-order valence-electron chi connectivity index (χ4n) is 2.86. The largest absolute Gasteiger partial charge is 0.329 e. The van der Waals surface area contributed by atoms with Crippen LogP contribution in [0.25, 0.3) is 0 Å². The molecule has 0 aromatic carbocycles. The Hall–Kier alpha value is 0.390. The summed E-state index contributed by atoms with van der Waals surface area (Å²) in [6, 6.07) is 3.09. The summed E-state index contributed by atoms with van der Waals surface area (Å²) in [7, 11) is 0. The van der Waals surface area contributed by atoms with Gasteiger partial charge in [0, 0.05) is 21.9 Å². The highest BCUT2D eigenvalue weighted by molar-refractivity contribution is 9.10. The molecule has 0 amide bonds. The van der Waals surface area contributed by atoms with E-state index in [1.165, 1.54) is 17.7 Å². The Balaban J connectivity index is 2.22. The van der Waals surface area contributed by atoms with Crippen molar-refractivity contribution in [1.82, 2.24) is 4.90 Å². The van der Waals surface area contributed by atoms with Gasteiger partial charge in [-0.2, -0.15) is 0 Å². The predicted octanol–water partition coefficient (Wildman–Crippen LogP) is 4.28. The van der Waals surface area contributed by atoms with E-state index in [1.807, 2.05) is 0 Å². The van der Waals surface area contributed by atoms with E-state index in [4.69, 9.17) is 17.3 Å². The molecular weight excluding hydrogens is 332 g/mol. The predicted molar refractivity (Wildman–Crippen MR) is 83.4 cm³/mol. The second kappa shape index (κ2) is 6.23. The summed E-state index contributed by atoms with van der Waals surface area (Å²) in [4.78, 5) is 3.85. The van der Waals surface area contributed by atoms with E-state index < -0.39 is 0 Å². The first-order valence-electron chi connectivity index (χ1n) is 6.45. The SMILES string of the molecule is CC(C)C1CCCN1C(CN)c1cc(Br)c(Cl)s1. The molecule has 1 aliphatic rings. The van der Waals surface area contributed by atoms with Crippen LogP contribution in [0.15, 0.2) is 10.5 Å². The molecule has 18 heavy (non-hydrogen) atoms. The summed E-state index contributed by atoms with van der Waals surface area (Å²) >= 11 is 11.3. The summed E-state index contributed by atoms with van der Waals surface area (Å²) in [6.07, 6.45) is 2.56. The first kappa shape index (κ1) is 14.8. The number of thiophene rings is 1. The molecule has 2 nitrogen and oxygen atoms in total. The number of hydrogen-bond donors (Lipinski definition) is 1. The lowest BCUT2D eigenvalue weighted by molar-refractivity contribution is 0.151. The van der Waals surface area contributed by atoms with Gasteiger partial charge in [0.15, 0.2) is 0 Å². The minimum atomic E-state index is 0.314. The number of halogens is 2. The van der Waals surface area contributed by atoms with Crippen LogP contribution in [-0.4, -0.2) is 24.0 Å². The van der Waals surface area contributed by atoms with Crippen molar-refractivity contribution >= 4 is 38.9 Å². The molecule has 2 rings (SSSR count). The van der Waals surface area contributed by atoms with Gasteiger partial charge in [0.05, 0.1) is 6.04 Å². The monoisotopic (exact) mass is 350 g/mol. The molecule has 5 heteroatoms. The third kappa shape index (κ3) is 2.93. The van der Waals surface area contributed by atoms with Crippen molar-refractivity contribution < 1.29 is 0 Å². The van der Waals surface area contributed by atoms with Crippen molar-refractivity contribution in [2.24, 2.45) is 11.7 Å². The zero-order chi connectivity index (χ0) is 13.3. The zero-order valence-electron chi connectivity index (χ0n) is 10.8. The normalized spacial score (nSPS) is 22.9. The van der Waals surface area contributed by atoms with E-state index in [2.05, 4.69) is 40.7 Å². The van der Waals surface area contributed by atoms with Crippen molar-refractivity contribution in [3.05, 3.63) is 19.8 Å². The minimum absolute atomic E-state index is 0.314. The Morgan fingerprint density at radius 3 is 2.83 bits per heavy atom. The van der Waals surface area contributed by atoms with Gasteiger partial charge in [-0.15, -0.1) is 11.3 Å². The van der Waals surface area contributed by atoms with Gasteiger partial charge in [-0.05, 0) is 47.3 Å². The lowest BCUT2D eigenvalue weighted by atomic mass is 10.0. The fourth-order valence-corrected chi connectivity index (χ4v) is 4.73. The molecule has 0 spiro atoms. The van der Waals surface area contributed by atoms with Gasteiger partial charge in [0.2, 0.25) is 0 Å². The summed E-state index contributed by atoms with van der Waals surface area (Å²) < 4.78 is 1.81. The molecule has 1 aliphatic heterocycles. The molecule has 0 aliphatic carbocycles. The lowest BCUT2D eigenvalue weighted by Crippen LogP contribution is -2.39. The summed E-state index contributed by atoms with van der Waals surface area (Å²) in [6.45, 7) is 6.41. The van der Waals surface area contributed by atoms with Gasteiger partial charge in [0.25, 0.3) is 0 Å². The second-order valence-corrected chi connectivity index (χ2v) is 7.75. The van der Waals surface area contributed by atoms with E-state index in [0.717, 1.165) is 15.4 Å². The van der Waals surface area contributed by atoms with E-state index >= 15 is 0 Å². The number of nitrogens with zero attached hydrogens (tertiary/aromatic N) is 1. The molecule has 0 saturated carbocycles. The van der Waals surface area contributed by atoms with Crippen LogP contribution in [0.3, 0.4) is 0 Å². The number of rotatable bonds is 4. The van der Waals surface area contributed by atoms with Gasteiger partial charge in [-0.1, -0.05) is 25.4 Å². The number of hydrogen-bond acceptors (Lipinski definition) is 3. The van der Waals surface area contributed by atoms with Gasteiger partial charge in [-0.3, -0.25) is 4.90 Å². The molecular formula is C13H20BrClN2S. The maximum atomic E-state index is 6.15. The maximum Gasteiger partial charge on any atom is 0.107 e. The smallest absolute Gasteiger partial charge is 0.107 e. The Labute approximate surface area is 127 Å². The first-order valence-corrected chi connectivity index (χ1v) is 8.44. The van der Waals surface area contributed by atoms with E-state index in [-0.39, 0.29) is 0 Å². The third-order valence-electron chi connectivity index (χ3n) is 3.73. The third-order valence-corrected chi connectivity index (χ3v) is 6.30. The Kier molecular flexibility index (Phi) is 5.12. The van der Waals surface area contributed by atoms with Crippen LogP contribution in [0.1, 0.15) is 37.6 Å². The zero-order valence-corrected chi connectivity index (χ0v) is 14.0. The van der Waals surface area contributed by atoms with Gasteiger partial charge in [-0.25, -0.2) is 0 Å². The lowest BCUT2D eigenvalue weighted by Gasteiger charge is -2.34. The number of nitrogens with two attached hydrogens (primary N) is 1. The highest BCUT2D eigenvalue weighted by atomic mass is 79.9. The topological polar surface area (TPSA) is 29.3 Å². The van der Waals surface area contributed by atoms with Crippen LogP contribution in [0.5, 0.6) is 0 Å². The van der Waals surface area contributed by atoms with Crippen molar-refractivity contribution in [2.45, 2.75) is 38.8 Å². The molecule has 1 aromatic rings. The van der Waals surface area contributed by atoms with Crippen molar-refractivity contribution in [1.29, 1.82) is 0 Å². The molecule has 2 N–H and O–H groups in total. The quantitative estimate of drug-likeness (QED) is 0.877. The highest BCUT2D eigenvalue weighted by Gasteiger charge is 2.33. The van der Waals surface area contributed by atoms with Gasteiger partial charge in [0.1, 0.15) is 4.34 Å². The van der Waals surface area contributed by atoms with Crippen LogP contribution < -0.4 is 5.73 Å². The van der Waals surface area contributed by atoms with Crippen LogP contribution in [0.4, 0.5) is 0 Å². The van der Waals surface area contributed by atoms with Gasteiger partial charge >= 0.3 is 0 Å².